The van der Waals surface area contributed by atoms with E-state index in [0.29, 0.717) is 17.4 Å². The molecule has 4 N–H and O–H groups in total. The second-order valence-corrected chi connectivity index (χ2v) is 5.88. The smallest absolute Gasteiger partial charge is 0.239 e. The van der Waals surface area contributed by atoms with Crippen LogP contribution in [0.3, 0.4) is 0 Å². The maximum atomic E-state index is 11.6. The van der Waals surface area contributed by atoms with Crippen molar-refractivity contribution in [2.45, 2.75) is 46.3 Å². The third-order valence-corrected chi connectivity index (χ3v) is 2.17. The highest BCUT2D eigenvalue weighted by molar-refractivity contribution is 5.80. The number of anilines is 2. The fourth-order valence-corrected chi connectivity index (χ4v) is 1.47. The third kappa shape index (κ3) is 5.77. The number of amides is 1. The Morgan fingerprint density at radius 2 is 2.05 bits per heavy atom. The van der Waals surface area contributed by atoms with Crippen LogP contribution in [-0.4, -0.2) is 29.1 Å². The summed E-state index contributed by atoms with van der Waals surface area (Å²) in [6, 6.07) is 3.54. The molecule has 1 rings (SSSR count). The van der Waals surface area contributed by atoms with Crippen molar-refractivity contribution in [2.24, 2.45) is 0 Å². The van der Waals surface area contributed by atoms with E-state index in [9.17, 15) is 4.79 Å². The highest BCUT2D eigenvalue weighted by Crippen LogP contribution is 2.24. The Hall–Kier alpha value is -1.98. The maximum Gasteiger partial charge on any atom is 0.239 e. The summed E-state index contributed by atoms with van der Waals surface area (Å²) < 4.78 is 5.67. The molecule has 1 amide bonds. The molecule has 0 fully saturated rings. The lowest BCUT2D eigenvalue weighted by Gasteiger charge is -2.21. The maximum absolute atomic E-state index is 11.6. The predicted molar refractivity (Wildman–Crippen MR) is 80.8 cm³/mol. The van der Waals surface area contributed by atoms with E-state index in [4.69, 9.17) is 10.5 Å². The average molecular weight is 280 g/mol. The molecule has 6 nitrogen and oxygen atoms in total. The third-order valence-electron chi connectivity index (χ3n) is 2.17. The van der Waals surface area contributed by atoms with Crippen LogP contribution < -0.4 is 21.1 Å². The lowest BCUT2D eigenvalue weighted by Crippen LogP contribution is -2.35. The van der Waals surface area contributed by atoms with Crippen molar-refractivity contribution in [3.05, 3.63) is 12.1 Å². The minimum Gasteiger partial charge on any atom is -0.470 e. The number of ether oxygens (including phenoxy) is 1. The summed E-state index contributed by atoms with van der Waals surface area (Å²) in [7, 11) is 0. The van der Waals surface area contributed by atoms with Gasteiger partial charge in [0.25, 0.3) is 0 Å². The Balaban J connectivity index is 2.68. The highest BCUT2D eigenvalue weighted by atomic mass is 16.5. The Labute approximate surface area is 120 Å². The molecule has 20 heavy (non-hydrogen) atoms. The summed E-state index contributed by atoms with van der Waals surface area (Å²) in [5.74, 6) is 0.834. The van der Waals surface area contributed by atoms with E-state index in [1.807, 2.05) is 34.6 Å². The Morgan fingerprint density at radius 1 is 1.40 bits per heavy atom. The van der Waals surface area contributed by atoms with Crippen LogP contribution in [0.2, 0.25) is 0 Å². The molecule has 1 aromatic heterocycles. The fraction of sp³-hybridized carbons (Fsp3) is 0.571. The monoisotopic (exact) mass is 280 g/mol. The lowest BCUT2D eigenvalue weighted by atomic mass is 10.2. The Kier molecular flexibility index (Phi) is 5.19. The lowest BCUT2D eigenvalue weighted by molar-refractivity contribution is -0.119. The molecule has 1 aromatic rings. The molecule has 0 bridgehead atoms. The van der Waals surface area contributed by atoms with Crippen molar-refractivity contribution in [1.29, 1.82) is 0 Å². The van der Waals surface area contributed by atoms with Gasteiger partial charge in [-0.1, -0.05) is 0 Å². The molecule has 0 saturated carbocycles. The van der Waals surface area contributed by atoms with E-state index in [0.717, 1.165) is 0 Å². The summed E-state index contributed by atoms with van der Waals surface area (Å²) in [5, 5.41) is 5.74. The number of hydrogen-bond donors (Lipinski definition) is 3. The first-order chi connectivity index (χ1) is 9.17. The molecule has 0 aliphatic carbocycles. The highest BCUT2D eigenvalue weighted by Gasteiger charge is 2.15. The SMILES string of the molecule is CC(C)NC(=O)CNc1ccc(N)c(OC(C)(C)C)n1. The minimum atomic E-state index is -0.380. The van der Waals surface area contributed by atoms with Gasteiger partial charge in [0.1, 0.15) is 11.4 Å². The van der Waals surface area contributed by atoms with Crippen molar-refractivity contribution in [3.63, 3.8) is 0 Å². The van der Waals surface area contributed by atoms with E-state index in [1.54, 1.807) is 12.1 Å². The van der Waals surface area contributed by atoms with Crippen LogP contribution in [0.25, 0.3) is 0 Å². The summed E-state index contributed by atoms with van der Waals surface area (Å²) in [6.45, 7) is 9.74. The van der Waals surface area contributed by atoms with Gasteiger partial charge in [-0.2, -0.15) is 4.98 Å². The normalized spacial score (nSPS) is 11.3. The van der Waals surface area contributed by atoms with Crippen LogP contribution >= 0.6 is 0 Å². The molecular weight excluding hydrogens is 256 g/mol. The van der Waals surface area contributed by atoms with Gasteiger partial charge < -0.3 is 21.1 Å². The summed E-state index contributed by atoms with van der Waals surface area (Å²) in [5.41, 5.74) is 5.91. The molecule has 0 atom stereocenters. The van der Waals surface area contributed by atoms with Crippen LogP contribution in [0.1, 0.15) is 34.6 Å². The van der Waals surface area contributed by atoms with Gasteiger partial charge in [-0.25, -0.2) is 0 Å². The number of nitrogens with two attached hydrogens (primary N) is 1. The first-order valence-corrected chi connectivity index (χ1v) is 6.66. The van der Waals surface area contributed by atoms with Gasteiger partial charge in [-0.15, -0.1) is 0 Å². The van der Waals surface area contributed by atoms with Gasteiger partial charge in [-0.05, 0) is 46.8 Å². The van der Waals surface area contributed by atoms with E-state index < -0.39 is 0 Å². The Bertz CT molecular complexity index is 467. The number of carbonyl (C=O) groups is 1. The molecule has 0 aliphatic heterocycles. The topological polar surface area (TPSA) is 89.3 Å². The Morgan fingerprint density at radius 3 is 2.60 bits per heavy atom. The second kappa shape index (κ2) is 6.45. The zero-order valence-corrected chi connectivity index (χ0v) is 12.8. The molecule has 0 unspecified atom stereocenters. The number of hydrogen-bond acceptors (Lipinski definition) is 5. The minimum absolute atomic E-state index is 0.0862. The van der Waals surface area contributed by atoms with Crippen molar-refractivity contribution in [3.8, 4) is 5.88 Å². The van der Waals surface area contributed by atoms with E-state index in [1.165, 1.54) is 0 Å². The zero-order chi connectivity index (χ0) is 15.3. The van der Waals surface area contributed by atoms with E-state index in [-0.39, 0.29) is 24.1 Å². The van der Waals surface area contributed by atoms with Crippen molar-refractivity contribution in [2.75, 3.05) is 17.6 Å². The average Bonchev–Trinajstić information content (AvgIpc) is 2.27. The number of aromatic nitrogens is 1. The molecule has 0 radical (unpaired) electrons. The van der Waals surface area contributed by atoms with Gasteiger partial charge in [0.2, 0.25) is 11.8 Å². The quantitative estimate of drug-likeness (QED) is 0.765. The standard InChI is InChI=1S/C14H24N4O2/c1-9(2)17-12(19)8-16-11-7-6-10(15)13(18-11)20-14(3,4)5/h6-7,9H,8,15H2,1-5H3,(H,16,18)(H,17,19). The molecule has 0 saturated heterocycles. The van der Waals surface area contributed by atoms with E-state index in [2.05, 4.69) is 15.6 Å². The number of nitrogens with one attached hydrogen (secondary N) is 2. The largest absolute Gasteiger partial charge is 0.470 e. The second-order valence-electron chi connectivity index (χ2n) is 5.88. The van der Waals surface area contributed by atoms with Gasteiger partial charge in [0.05, 0.1) is 12.2 Å². The van der Waals surface area contributed by atoms with Crippen LogP contribution in [0.5, 0.6) is 5.88 Å². The number of nitrogen functional groups attached to an aromatic ring is 1. The molecular formula is C14H24N4O2. The summed E-state index contributed by atoms with van der Waals surface area (Å²) in [6.07, 6.45) is 0. The molecule has 0 aromatic carbocycles. The molecule has 0 aliphatic rings. The van der Waals surface area contributed by atoms with Crippen molar-refractivity contribution < 1.29 is 9.53 Å². The van der Waals surface area contributed by atoms with Gasteiger partial charge in [0.15, 0.2) is 0 Å². The number of nitrogens with zero attached hydrogens (tertiary/aromatic N) is 1. The van der Waals surface area contributed by atoms with Gasteiger partial charge in [0, 0.05) is 6.04 Å². The molecule has 6 heteroatoms. The zero-order valence-electron chi connectivity index (χ0n) is 12.8. The van der Waals surface area contributed by atoms with E-state index >= 15 is 0 Å². The number of pyridine rings is 1. The first kappa shape index (κ1) is 16.1. The van der Waals surface area contributed by atoms with Crippen LogP contribution in [0.15, 0.2) is 12.1 Å². The molecule has 112 valence electrons. The van der Waals surface area contributed by atoms with Crippen LogP contribution in [0, 0.1) is 0 Å². The number of rotatable bonds is 5. The number of carbonyl (C=O) groups excluding carboxylic acids is 1. The van der Waals surface area contributed by atoms with Gasteiger partial charge in [-0.3, -0.25) is 4.79 Å². The first-order valence-electron chi connectivity index (χ1n) is 6.66. The van der Waals surface area contributed by atoms with Crippen LogP contribution in [0.4, 0.5) is 11.5 Å². The van der Waals surface area contributed by atoms with Crippen molar-refractivity contribution >= 4 is 17.4 Å². The summed E-state index contributed by atoms with van der Waals surface area (Å²) in [4.78, 5) is 15.8. The fourth-order valence-electron chi connectivity index (χ4n) is 1.47. The molecule has 1 heterocycles. The summed E-state index contributed by atoms with van der Waals surface area (Å²) >= 11 is 0. The van der Waals surface area contributed by atoms with Crippen LogP contribution in [-0.2, 0) is 4.79 Å². The van der Waals surface area contributed by atoms with Crippen molar-refractivity contribution in [1.82, 2.24) is 10.3 Å². The predicted octanol–water partition coefficient (Wildman–Crippen LogP) is 1.78. The van der Waals surface area contributed by atoms with Gasteiger partial charge >= 0.3 is 0 Å². The molecule has 0 spiro atoms.